The maximum absolute atomic E-state index is 4.02. The SMILES string of the molecule is CC(C)c1ccn[nH]1.CC(C)c1ncn[nH]1.CC(C)c1ncns1.CC(C)c1nncs1. The molecule has 0 aromatic carbocycles. The molecular weight excluding hydrogens is 442 g/mol. The van der Waals surface area contributed by atoms with Crippen molar-refractivity contribution in [2.45, 2.75) is 79.1 Å². The van der Waals surface area contributed by atoms with Gasteiger partial charge in [-0.05, 0) is 23.5 Å². The number of hydrogen-bond donors (Lipinski definition) is 2. The van der Waals surface area contributed by atoms with Crippen molar-refractivity contribution in [2.24, 2.45) is 0 Å². The van der Waals surface area contributed by atoms with Crippen molar-refractivity contribution in [2.75, 3.05) is 0 Å². The van der Waals surface area contributed by atoms with Gasteiger partial charge in [-0.25, -0.2) is 9.97 Å². The first-order valence-electron chi connectivity index (χ1n) is 10.6. The van der Waals surface area contributed by atoms with E-state index in [2.05, 4.69) is 100 Å². The van der Waals surface area contributed by atoms with E-state index in [4.69, 9.17) is 0 Å². The Bertz CT molecular complexity index is 731. The van der Waals surface area contributed by atoms with Gasteiger partial charge in [0.05, 0.1) is 0 Å². The smallest absolute Gasteiger partial charge is 0.137 e. The summed E-state index contributed by atoms with van der Waals surface area (Å²) in [6.45, 7) is 16.9. The summed E-state index contributed by atoms with van der Waals surface area (Å²) in [5.74, 6) is 3.03. The molecular formula is C21H35N9S2. The zero-order chi connectivity index (χ0) is 23.9. The quantitative estimate of drug-likeness (QED) is 0.382. The van der Waals surface area contributed by atoms with E-state index >= 15 is 0 Å². The molecule has 4 rings (SSSR count). The highest BCUT2D eigenvalue weighted by Crippen LogP contribution is 2.14. The van der Waals surface area contributed by atoms with Crippen LogP contribution in [0.4, 0.5) is 0 Å². The fourth-order valence-corrected chi connectivity index (χ4v) is 3.03. The molecule has 0 amide bonds. The van der Waals surface area contributed by atoms with Gasteiger partial charge in [0, 0.05) is 29.6 Å². The van der Waals surface area contributed by atoms with Crippen molar-refractivity contribution >= 4 is 22.9 Å². The molecule has 0 spiro atoms. The Morgan fingerprint density at radius 2 is 1.47 bits per heavy atom. The van der Waals surface area contributed by atoms with Crippen LogP contribution >= 0.6 is 22.9 Å². The van der Waals surface area contributed by atoms with Crippen LogP contribution in [-0.2, 0) is 0 Å². The lowest BCUT2D eigenvalue weighted by Gasteiger charge is -1.95. The second-order valence-corrected chi connectivity index (χ2v) is 9.73. The van der Waals surface area contributed by atoms with Gasteiger partial charge < -0.3 is 0 Å². The third kappa shape index (κ3) is 11.2. The van der Waals surface area contributed by atoms with Gasteiger partial charge in [0.15, 0.2) is 0 Å². The minimum absolute atomic E-state index is 0.456. The lowest BCUT2D eigenvalue weighted by Crippen LogP contribution is -1.88. The van der Waals surface area contributed by atoms with Gasteiger partial charge in [-0.15, -0.1) is 21.5 Å². The highest BCUT2D eigenvalue weighted by atomic mass is 32.1. The van der Waals surface area contributed by atoms with Crippen molar-refractivity contribution in [1.82, 2.24) is 44.9 Å². The number of nitrogens with one attached hydrogen (secondary N) is 2. The maximum Gasteiger partial charge on any atom is 0.137 e. The van der Waals surface area contributed by atoms with Crippen LogP contribution in [0.25, 0.3) is 0 Å². The summed E-state index contributed by atoms with van der Waals surface area (Å²) >= 11 is 3.08. The zero-order valence-electron chi connectivity index (χ0n) is 20.1. The summed E-state index contributed by atoms with van der Waals surface area (Å²) in [7, 11) is 0. The van der Waals surface area contributed by atoms with Crippen molar-refractivity contribution in [1.29, 1.82) is 0 Å². The van der Waals surface area contributed by atoms with E-state index < -0.39 is 0 Å². The standard InChI is InChI=1S/C6H10N2.C5H9N3.2C5H8N2S/c1-5(2)6-3-4-7-8-6;1-4(2)5-6-3-7-8-5;1-4(2)5-7-6-3-8-5;1-4(2)5-6-3-7-8-5/h3-5H,1-2H3,(H,7,8);3-4H,1-2H3,(H,6,7,8);2*3-4H,1-2H3. The van der Waals surface area contributed by atoms with Crippen molar-refractivity contribution < 1.29 is 0 Å². The molecule has 0 fully saturated rings. The second-order valence-electron chi connectivity index (χ2n) is 8.06. The Kier molecular flexibility index (Phi) is 13.2. The van der Waals surface area contributed by atoms with Crippen LogP contribution in [0, 0.1) is 0 Å². The lowest BCUT2D eigenvalue weighted by atomic mass is 10.1. The van der Waals surface area contributed by atoms with Crippen LogP contribution in [0.15, 0.2) is 30.4 Å². The molecule has 4 aromatic rings. The van der Waals surface area contributed by atoms with Crippen LogP contribution in [0.2, 0.25) is 0 Å². The van der Waals surface area contributed by atoms with Crippen molar-refractivity contribution in [3.8, 4) is 0 Å². The maximum atomic E-state index is 4.02. The minimum atomic E-state index is 0.456. The number of aromatic nitrogens is 9. The van der Waals surface area contributed by atoms with Crippen molar-refractivity contribution in [3.05, 3.63) is 52.0 Å². The summed E-state index contributed by atoms with van der Waals surface area (Å²) in [6.07, 6.45) is 4.89. The summed E-state index contributed by atoms with van der Waals surface area (Å²) in [6, 6.07) is 1.99. The molecule has 0 bridgehead atoms. The van der Waals surface area contributed by atoms with E-state index in [0.29, 0.717) is 23.7 Å². The van der Waals surface area contributed by atoms with Gasteiger partial charge in [0.25, 0.3) is 0 Å². The molecule has 0 radical (unpaired) electrons. The fourth-order valence-electron chi connectivity index (χ4n) is 1.95. The Morgan fingerprint density at radius 3 is 1.72 bits per heavy atom. The topological polar surface area (TPSA) is 122 Å². The first-order valence-corrected chi connectivity index (χ1v) is 12.2. The predicted molar refractivity (Wildman–Crippen MR) is 131 cm³/mol. The average molecular weight is 478 g/mol. The fraction of sp³-hybridized carbons (Fsp3) is 0.571. The van der Waals surface area contributed by atoms with Crippen LogP contribution in [0.3, 0.4) is 0 Å². The summed E-state index contributed by atoms with van der Waals surface area (Å²) in [5.41, 5.74) is 2.96. The Labute approximate surface area is 198 Å². The normalized spacial score (nSPS) is 10.4. The Morgan fingerprint density at radius 1 is 0.750 bits per heavy atom. The number of rotatable bonds is 4. The number of H-pyrrole nitrogens is 2. The molecule has 0 saturated carbocycles. The molecule has 9 nitrogen and oxygen atoms in total. The number of hydrogen-bond acceptors (Lipinski definition) is 9. The highest BCUT2D eigenvalue weighted by molar-refractivity contribution is 7.09. The first kappa shape index (κ1) is 27.5. The minimum Gasteiger partial charge on any atom is -0.282 e. The largest absolute Gasteiger partial charge is 0.282 e. The van der Waals surface area contributed by atoms with E-state index in [-0.39, 0.29) is 0 Å². The van der Waals surface area contributed by atoms with Crippen LogP contribution in [0.5, 0.6) is 0 Å². The molecule has 11 heteroatoms. The molecule has 0 aliphatic heterocycles. The van der Waals surface area contributed by atoms with Gasteiger partial charge in [-0.1, -0.05) is 55.4 Å². The van der Waals surface area contributed by atoms with E-state index in [1.807, 2.05) is 6.07 Å². The Hall–Kier alpha value is -2.53. The van der Waals surface area contributed by atoms with Crippen molar-refractivity contribution in [3.63, 3.8) is 0 Å². The molecule has 0 saturated heterocycles. The monoisotopic (exact) mass is 477 g/mol. The van der Waals surface area contributed by atoms with E-state index in [1.165, 1.54) is 23.6 Å². The van der Waals surface area contributed by atoms with Crippen LogP contribution in [-0.4, -0.2) is 44.9 Å². The highest BCUT2D eigenvalue weighted by Gasteiger charge is 2.00. The summed E-state index contributed by atoms with van der Waals surface area (Å²) < 4.78 is 3.87. The number of nitrogens with zero attached hydrogens (tertiary/aromatic N) is 7. The van der Waals surface area contributed by atoms with Crippen LogP contribution < -0.4 is 0 Å². The molecule has 4 heterocycles. The van der Waals surface area contributed by atoms with E-state index in [1.54, 1.807) is 29.4 Å². The third-order valence-corrected chi connectivity index (χ3v) is 5.83. The molecule has 2 N–H and O–H groups in total. The molecule has 32 heavy (non-hydrogen) atoms. The molecule has 0 aliphatic rings. The zero-order valence-corrected chi connectivity index (χ0v) is 21.8. The summed E-state index contributed by atoms with van der Waals surface area (Å²) in [5, 5.41) is 23.0. The predicted octanol–water partition coefficient (Wildman–Crippen LogP) is 5.78. The van der Waals surface area contributed by atoms with Gasteiger partial charge >= 0.3 is 0 Å². The number of aromatic amines is 2. The van der Waals surface area contributed by atoms with Gasteiger partial charge in [-0.3, -0.25) is 10.2 Å². The van der Waals surface area contributed by atoms with Gasteiger partial charge in [-0.2, -0.15) is 14.6 Å². The first-order chi connectivity index (χ1) is 15.2. The van der Waals surface area contributed by atoms with Gasteiger partial charge in [0.1, 0.15) is 34.0 Å². The summed E-state index contributed by atoms with van der Waals surface area (Å²) in [4.78, 5) is 7.97. The Balaban J connectivity index is 0.000000213. The average Bonchev–Trinajstić information content (AvgIpc) is 3.56. The van der Waals surface area contributed by atoms with Gasteiger partial charge in [0.2, 0.25) is 0 Å². The molecule has 176 valence electrons. The van der Waals surface area contributed by atoms with E-state index in [0.717, 1.165) is 15.8 Å². The molecule has 0 aliphatic carbocycles. The van der Waals surface area contributed by atoms with Crippen LogP contribution in [0.1, 0.15) is 101 Å². The second kappa shape index (κ2) is 15.3. The lowest BCUT2D eigenvalue weighted by molar-refractivity contribution is 0.781. The molecule has 0 atom stereocenters. The third-order valence-electron chi connectivity index (χ3n) is 3.87. The van der Waals surface area contributed by atoms with E-state index in [9.17, 15) is 0 Å². The molecule has 4 aromatic heterocycles. The molecule has 0 unspecified atom stereocenters.